The molecule has 0 aliphatic rings. The van der Waals surface area contributed by atoms with E-state index in [1.807, 2.05) is 48.9 Å². The molecule has 0 fully saturated rings. The number of likely N-dealkylation sites (N-methyl/N-ethyl adjacent to an activating group) is 1. The zero-order chi connectivity index (χ0) is 17.0. The van der Waals surface area contributed by atoms with Crippen LogP contribution in [0.15, 0.2) is 30.3 Å². The Morgan fingerprint density at radius 3 is 2.70 bits per heavy atom. The second-order valence-electron chi connectivity index (χ2n) is 5.77. The third kappa shape index (κ3) is 3.90. The maximum Gasteiger partial charge on any atom is 0.317 e. The molecule has 0 saturated carbocycles. The Hall–Kier alpha value is -2.34. The molecule has 23 heavy (non-hydrogen) atoms. The largest absolute Gasteiger partial charge is 0.394 e. The molecule has 0 radical (unpaired) electrons. The Morgan fingerprint density at radius 1 is 1.39 bits per heavy atom. The number of para-hydroxylation sites is 1. The van der Waals surface area contributed by atoms with Crippen LogP contribution >= 0.6 is 0 Å². The molecule has 1 unspecified atom stereocenters. The number of benzene rings is 1. The summed E-state index contributed by atoms with van der Waals surface area (Å²) < 4.78 is 1.89. The third-order valence-electron chi connectivity index (χ3n) is 3.91. The Bertz CT molecular complexity index is 681. The van der Waals surface area contributed by atoms with E-state index in [1.54, 1.807) is 14.0 Å². The van der Waals surface area contributed by atoms with Crippen molar-refractivity contribution >= 4 is 6.03 Å². The topological polar surface area (TPSA) is 70.4 Å². The summed E-state index contributed by atoms with van der Waals surface area (Å²) in [5.74, 6) is 0. The van der Waals surface area contributed by atoms with Crippen LogP contribution in [0.3, 0.4) is 0 Å². The highest BCUT2D eigenvalue weighted by Crippen LogP contribution is 2.17. The van der Waals surface area contributed by atoms with Gasteiger partial charge in [-0.15, -0.1) is 0 Å². The van der Waals surface area contributed by atoms with Gasteiger partial charge in [0.05, 0.1) is 24.0 Å². The molecule has 0 saturated heterocycles. The first-order chi connectivity index (χ1) is 10.9. The quantitative estimate of drug-likeness (QED) is 0.886. The molecular weight excluding hydrogens is 292 g/mol. The highest BCUT2D eigenvalue weighted by atomic mass is 16.3. The molecule has 0 bridgehead atoms. The van der Waals surface area contributed by atoms with Gasteiger partial charge in [-0.25, -0.2) is 9.48 Å². The number of aromatic nitrogens is 2. The molecule has 2 rings (SSSR count). The number of amides is 2. The lowest BCUT2D eigenvalue weighted by Gasteiger charge is -2.23. The average molecular weight is 316 g/mol. The minimum absolute atomic E-state index is 0.0632. The Labute approximate surface area is 136 Å². The summed E-state index contributed by atoms with van der Waals surface area (Å²) in [7, 11) is 1.67. The molecule has 2 amide bonds. The van der Waals surface area contributed by atoms with E-state index in [2.05, 4.69) is 10.4 Å². The number of hydrogen-bond acceptors (Lipinski definition) is 3. The van der Waals surface area contributed by atoms with E-state index in [0.29, 0.717) is 6.54 Å². The SMILES string of the molecule is Cc1cc(C)n(-c2ccccc2CNC(=O)N(C)C(C)CO)n1. The number of carbonyl (C=O) groups is 1. The second-order valence-corrected chi connectivity index (χ2v) is 5.77. The van der Waals surface area contributed by atoms with Crippen LogP contribution in [0.2, 0.25) is 0 Å². The summed E-state index contributed by atoms with van der Waals surface area (Å²) in [5.41, 5.74) is 3.94. The van der Waals surface area contributed by atoms with E-state index in [4.69, 9.17) is 5.11 Å². The van der Waals surface area contributed by atoms with E-state index in [-0.39, 0.29) is 18.7 Å². The standard InChI is InChI=1S/C17H24N4O2/c1-12-9-13(2)21(19-12)16-8-6-5-7-15(16)10-18-17(23)20(4)14(3)11-22/h5-9,14,22H,10-11H2,1-4H3,(H,18,23). The van der Waals surface area contributed by atoms with E-state index in [0.717, 1.165) is 22.6 Å². The minimum Gasteiger partial charge on any atom is -0.394 e. The fourth-order valence-corrected chi connectivity index (χ4v) is 2.36. The smallest absolute Gasteiger partial charge is 0.317 e. The van der Waals surface area contributed by atoms with Crippen LogP contribution in [0.1, 0.15) is 23.9 Å². The average Bonchev–Trinajstić information content (AvgIpc) is 2.89. The van der Waals surface area contributed by atoms with E-state index < -0.39 is 0 Å². The summed E-state index contributed by atoms with van der Waals surface area (Å²) in [6.45, 7) is 6.09. The van der Waals surface area contributed by atoms with Crippen molar-refractivity contribution in [2.24, 2.45) is 0 Å². The van der Waals surface area contributed by atoms with E-state index >= 15 is 0 Å². The molecule has 1 heterocycles. The Morgan fingerprint density at radius 2 is 2.09 bits per heavy atom. The van der Waals surface area contributed by atoms with Crippen molar-refractivity contribution in [3.05, 3.63) is 47.3 Å². The summed E-state index contributed by atoms with van der Waals surface area (Å²) in [5, 5.41) is 16.5. The number of aliphatic hydroxyl groups excluding tert-OH is 1. The van der Waals surface area contributed by atoms with Gasteiger partial charge in [0, 0.05) is 19.3 Å². The minimum atomic E-state index is -0.221. The van der Waals surface area contributed by atoms with Crippen LogP contribution in [-0.4, -0.2) is 45.5 Å². The molecule has 2 aromatic rings. The highest BCUT2D eigenvalue weighted by molar-refractivity contribution is 5.74. The fourth-order valence-electron chi connectivity index (χ4n) is 2.36. The summed E-state index contributed by atoms with van der Waals surface area (Å²) in [6, 6.07) is 9.44. The lowest BCUT2D eigenvalue weighted by molar-refractivity contribution is 0.157. The zero-order valence-electron chi connectivity index (χ0n) is 14.1. The number of aryl methyl sites for hydroxylation is 2. The molecule has 6 heteroatoms. The summed E-state index contributed by atoms with van der Waals surface area (Å²) in [6.07, 6.45) is 0. The molecule has 0 aliphatic heterocycles. The van der Waals surface area contributed by atoms with Crippen LogP contribution < -0.4 is 5.32 Å². The molecule has 2 N–H and O–H groups in total. The fraction of sp³-hybridized carbons (Fsp3) is 0.412. The zero-order valence-corrected chi connectivity index (χ0v) is 14.1. The van der Waals surface area contributed by atoms with Crippen molar-refractivity contribution in [3.63, 3.8) is 0 Å². The number of carbonyl (C=O) groups excluding carboxylic acids is 1. The monoisotopic (exact) mass is 316 g/mol. The first kappa shape index (κ1) is 17.0. The number of hydrogen-bond donors (Lipinski definition) is 2. The predicted octanol–water partition coefficient (Wildman–Crippen LogP) is 2.01. The number of nitrogens with one attached hydrogen (secondary N) is 1. The van der Waals surface area contributed by atoms with Gasteiger partial charge >= 0.3 is 6.03 Å². The first-order valence-corrected chi connectivity index (χ1v) is 7.67. The van der Waals surface area contributed by atoms with Crippen LogP contribution in [0.4, 0.5) is 4.79 Å². The van der Waals surface area contributed by atoms with Crippen molar-refractivity contribution < 1.29 is 9.90 Å². The normalized spacial score (nSPS) is 12.0. The third-order valence-corrected chi connectivity index (χ3v) is 3.91. The Kier molecular flexibility index (Phi) is 5.39. The van der Waals surface area contributed by atoms with Crippen molar-refractivity contribution in [3.8, 4) is 5.69 Å². The van der Waals surface area contributed by atoms with Crippen LogP contribution in [0.25, 0.3) is 5.69 Å². The molecular formula is C17H24N4O2. The van der Waals surface area contributed by atoms with E-state index in [1.165, 1.54) is 4.90 Å². The number of urea groups is 1. The van der Waals surface area contributed by atoms with Gasteiger partial charge in [0.1, 0.15) is 0 Å². The van der Waals surface area contributed by atoms with E-state index in [9.17, 15) is 4.79 Å². The molecule has 6 nitrogen and oxygen atoms in total. The lowest BCUT2D eigenvalue weighted by atomic mass is 10.1. The van der Waals surface area contributed by atoms with Gasteiger partial charge in [-0.05, 0) is 38.5 Å². The number of nitrogens with zero attached hydrogens (tertiary/aromatic N) is 3. The lowest BCUT2D eigenvalue weighted by Crippen LogP contribution is -2.43. The van der Waals surface area contributed by atoms with Crippen molar-refractivity contribution in [1.82, 2.24) is 20.0 Å². The number of rotatable bonds is 5. The van der Waals surface area contributed by atoms with Crippen molar-refractivity contribution in [2.75, 3.05) is 13.7 Å². The first-order valence-electron chi connectivity index (χ1n) is 7.67. The summed E-state index contributed by atoms with van der Waals surface area (Å²) in [4.78, 5) is 13.6. The molecule has 1 aromatic carbocycles. The molecule has 1 atom stereocenters. The molecule has 1 aromatic heterocycles. The number of aliphatic hydroxyl groups is 1. The van der Waals surface area contributed by atoms with Gasteiger partial charge in [-0.1, -0.05) is 18.2 Å². The summed E-state index contributed by atoms with van der Waals surface area (Å²) >= 11 is 0. The van der Waals surface area contributed by atoms with Gasteiger partial charge in [-0.2, -0.15) is 5.10 Å². The van der Waals surface area contributed by atoms with Gasteiger partial charge < -0.3 is 15.3 Å². The van der Waals surface area contributed by atoms with Gasteiger partial charge in [0.2, 0.25) is 0 Å². The highest BCUT2D eigenvalue weighted by Gasteiger charge is 2.15. The van der Waals surface area contributed by atoms with Crippen molar-refractivity contribution in [1.29, 1.82) is 0 Å². The van der Waals surface area contributed by atoms with Crippen LogP contribution in [-0.2, 0) is 6.54 Å². The molecule has 0 spiro atoms. The maximum atomic E-state index is 12.1. The Balaban J connectivity index is 2.16. The van der Waals surface area contributed by atoms with Crippen LogP contribution in [0, 0.1) is 13.8 Å². The van der Waals surface area contributed by atoms with Crippen LogP contribution in [0.5, 0.6) is 0 Å². The molecule has 0 aliphatic carbocycles. The molecule has 124 valence electrons. The van der Waals surface area contributed by atoms with Crippen molar-refractivity contribution in [2.45, 2.75) is 33.4 Å². The van der Waals surface area contributed by atoms with Gasteiger partial charge in [0.15, 0.2) is 0 Å². The van der Waals surface area contributed by atoms with Gasteiger partial charge in [-0.3, -0.25) is 0 Å². The predicted molar refractivity (Wildman–Crippen MR) is 89.6 cm³/mol. The maximum absolute atomic E-state index is 12.1. The van der Waals surface area contributed by atoms with Gasteiger partial charge in [0.25, 0.3) is 0 Å². The second kappa shape index (κ2) is 7.28.